The van der Waals surface area contributed by atoms with Crippen LogP contribution in [-0.2, 0) is 9.53 Å². The minimum absolute atomic E-state index is 0.0190. The van der Waals surface area contributed by atoms with E-state index in [-0.39, 0.29) is 23.3 Å². The number of benzene rings is 1. The lowest BCUT2D eigenvalue weighted by Gasteiger charge is -2.41. The van der Waals surface area contributed by atoms with Crippen LogP contribution in [0.25, 0.3) is 0 Å². The van der Waals surface area contributed by atoms with Gasteiger partial charge >= 0.3 is 0 Å². The summed E-state index contributed by atoms with van der Waals surface area (Å²) in [5.41, 5.74) is 0.607. The van der Waals surface area contributed by atoms with Gasteiger partial charge in [0.15, 0.2) is 0 Å². The summed E-state index contributed by atoms with van der Waals surface area (Å²) in [5, 5.41) is 3.14. The van der Waals surface area contributed by atoms with Crippen molar-refractivity contribution in [3.8, 4) is 0 Å². The van der Waals surface area contributed by atoms with Crippen LogP contribution in [0.2, 0.25) is 0 Å². The van der Waals surface area contributed by atoms with E-state index in [0.717, 1.165) is 30.8 Å². The van der Waals surface area contributed by atoms with Crippen molar-refractivity contribution >= 4 is 27.7 Å². The van der Waals surface area contributed by atoms with Crippen molar-refractivity contribution in [1.82, 2.24) is 15.1 Å². The number of ether oxygens (including phenoxy) is 1. The molecule has 1 aromatic rings. The third-order valence-corrected chi connectivity index (χ3v) is 6.34. The maximum atomic E-state index is 12.6. The van der Waals surface area contributed by atoms with Gasteiger partial charge < -0.3 is 15.0 Å². The number of halogens is 1. The smallest absolute Gasteiger partial charge is 0.253 e. The predicted octanol–water partition coefficient (Wildman–Crippen LogP) is 2.53. The van der Waals surface area contributed by atoms with Gasteiger partial charge in [-0.3, -0.25) is 14.5 Å². The number of hydrogen-bond donors (Lipinski definition) is 1. The second-order valence-electron chi connectivity index (χ2n) is 8.20. The molecule has 2 aliphatic heterocycles. The molecule has 0 radical (unpaired) electrons. The molecule has 1 aromatic carbocycles. The van der Waals surface area contributed by atoms with E-state index in [0.29, 0.717) is 38.0 Å². The number of morpholine rings is 1. The lowest BCUT2D eigenvalue weighted by Crippen LogP contribution is -2.56. The Morgan fingerprint density at radius 1 is 1.11 bits per heavy atom. The number of rotatable bonds is 5. The average molecular weight is 452 g/mol. The van der Waals surface area contributed by atoms with E-state index < -0.39 is 0 Å². The number of carbonyl (C=O) groups excluding carboxylic acids is 2. The highest BCUT2D eigenvalue weighted by molar-refractivity contribution is 9.10. The van der Waals surface area contributed by atoms with E-state index in [1.54, 1.807) is 0 Å². The van der Waals surface area contributed by atoms with Crippen molar-refractivity contribution in [3.05, 3.63) is 34.3 Å². The number of amides is 2. The van der Waals surface area contributed by atoms with Crippen LogP contribution in [0.15, 0.2) is 28.7 Å². The zero-order chi connectivity index (χ0) is 20.1. The van der Waals surface area contributed by atoms with Gasteiger partial charge in [0.25, 0.3) is 5.91 Å². The van der Waals surface area contributed by atoms with Crippen molar-refractivity contribution in [2.45, 2.75) is 32.2 Å². The van der Waals surface area contributed by atoms with Gasteiger partial charge in [-0.2, -0.15) is 0 Å². The summed E-state index contributed by atoms with van der Waals surface area (Å²) in [6.07, 6.45) is 1.43. The standard InChI is InChI=1S/C21H30BrN3O3/c1-21(2,25-11-13-28-14-12-25)15-23-19(26)16-7-9-24(10-8-16)20(27)17-3-5-18(22)6-4-17/h3-6,16H,7-15H2,1-2H3,(H,23,26). The van der Waals surface area contributed by atoms with Crippen LogP contribution in [-0.4, -0.2) is 73.1 Å². The van der Waals surface area contributed by atoms with E-state index in [1.165, 1.54) is 0 Å². The zero-order valence-electron chi connectivity index (χ0n) is 16.7. The molecule has 0 spiro atoms. The first kappa shape index (κ1) is 21.3. The van der Waals surface area contributed by atoms with Crippen LogP contribution in [0.1, 0.15) is 37.0 Å². The van der Waals surface area contributed by atoms with E-state index in [2.05, 4.69) is 40.0 Å². The SMILES string of the molecule is CC(C)(CNC(=O)C1CCN(C(=O)c2ccc(Br)cc2)CC1)N1CCOCC1. The molecule has 1 N–H and O–H groups in total. The third kappa shape index (κ3) is 5.33. The molecule has 6 nitrogen and oxygen atoms in total. The van der Waals surface area contributed by atoms with Crippen LogP contribution in [0.4, 0.5) is 0 Å². The molecule has 0 aliphatic carbocycles. The summed E-state index contributed by atoms with van der Waals surface area (Å²) in [7, 11) is 0. The Bertz CT molecular complexity index is 679. The number of piperidine rings is 1. The van der Waals surface area contributed by atoms with Gasteiger partial charge in [0, 0.05) is 54.2 Å². The summed E-state index contributed by atoms with van der Waals surface area (Å²) < 4.78 is 6.38. The number of nitrogens with zero attached hydrogens (tertiary/aromatic N) is 2. The van der Waals surface area contributed by atoms with Gasteiger partial charge in [-0.1, -0.05) is 15.9 Å². The number of nitrogens with one attached hydrogen (secondary N) is 1. The largest absolute Gasteiger partial charge is 0.379 e. The molecule has 2 heterocycles. The van der Waals surface area contributed by atoms with Gasteiger partial charge in [-0.05, 0) is 51.0 Å². The van der Waals surface area contributed by atoms with E-state index in [4.69, 9.17) is 4.74 Å². The number of hydrogen-bond acceptors (Lipinski definition) is 4. The Morgan fingerprint density at radius 2 is 1.71 bits per heavy atom. The Kier molecular flexibility index (Phi) is 7.12. The van der Waals surface area contributed by atoms with Crippen LogP contribution < -0.4 is 5.32 Å². The first-order chi connectivity index (χ1) is 13.4. The Hall–Kier alpha value is -1.44. The van der Waals surface area contributed by atoms with Crippen LogP contribution >= 0.6 is 15.9 Å². The first-order valence-corrected chi connectivity index (χ1v) is 10.8. The van der Waals surface area contributed by atoms with Crippen molar-refractivity contribution in [2.75, 3.05) is 45.9 Å². The molecule has 7 heteroatoms. The van der Waals surface area contributed by atoms with Gasteiger partial charge in [-0.25, -0.2) is 0 Å². The van der Waals surface area contributed by atoms with E-state index >= 15 is 0 Å². The van der Waals surface area contributed by atoms with Crippen LogP contribution in [0, 0.1) is 5.92 Å². The van der Waals surface area contributed by atoms with Crippen molar-refractivity contribution < 1.29 is 14.3 Å². The highest BCUT2D eigenvalue weighted by Gasteiger charge is 2.31. The topological polar surface area (TPSA) is 61.9 Å². The fourth-order valence-electron chi connectivity index (χ4n) is 3.85. The highest BCUT2D eigenvalue weighted by Crippen LogP contribution is 2.21. The fourth-order valence-corrected chi connectivity index (χ4v) is 4.11. The molecule has 2 aliphatic rings. The molecule has 2 saturated heterocycles. The maximum absolute atomic E-state index is 12.6. The van der Waals surface area contributed by atoms with Gasteiger partial charge in [0.1, 0.15) is 0 Å². The van der Waals surface area contributed by atoms with Gasteiger partial charge in [-0.15, -0.1) is 0 Å². The van der Waals surface area contributed by atoms with Crippen molar-refractivity contribution in [2.24, 2.45) is 5.92 Å². The van der Waals surface area contributed by atoms with E-state index in [9.17, 15) is 9.59 Å². The first-order valence-electron chi connectivity index (χ1n) is 10.0. The van der Waals surface area contributed by atoms with Gasteiger partial charge in [0.2, 0.25) is 5.91 Å². The third-order valence-electron chi connectivity index (χ3n) is 5.81. The molecular weight excluding hydrogens is 422 g/mol. The zero-order valence-corrected chi connectivity index (χ0v) is 18.3. The molecule has 154 valence electrons. The Morgan fingerprint density at radius 3 is 2.32 bits per heavy atom. The minimum Gasteiger partial charge on any atom is -0.379 e. The molecule has 0 atom stereocenters. The molecule has 0 saturated carbocycles. The number of carbonyl (C=O) groups is 2. The molecule has 0 bridgehead atoms. The second-order valence-corrected chi connectivity index (χ2v) is 9.12. The molecular formula is C21H30BrN3O3. The van der Waals surface area contributed by atoms with Crippen LogP contribution in [0.5, 0.6) is 0 Å². The van der Waals surface area contributed by atoms with E-state index in [1.807, 2.05) is 29.2 Å². The predicted molar refractivity (Wildman–Crippen MR) is 112 cm³/mol. The monoisotopic (exact) mass is 451 g/mol. The lowest BCUT2D eigenvalue weighted by molar-refractivity contribution is -0.127. The summed E-state index contributed by atoms with van der Waals surface area (Å²) in [6.45, 7) is 9.52. The van der Waals surface area contributed by atoms with Gasteiger partial charge in [0.05, 0.1) is 13.2 Å². The minimum atomic E-state index is -0.0856. The molecule has 3 rings (SSSR count). The maximum Gasteiger partial charge on any atom is 0.253 e. The molecule has 28 heavy (non-hydrogen) atoms. The van der Waals surface area contributed by atoms with Crippen molar-refractivity contribution in [3.63, 3.8) is 0 Å². The lowest BCUT2D eigenvalue weighted by atomic mass is 9.94. The second kappa shape index (κ2) is 9.37. The molecule has 0 aromatic heterocycles. The molecule has 2 amide bonds. The van der Waals surface area contributed by atoms with Crippen molar-refractivity contribution in [1.29, 1.82) is 0 Å². The molecule has 2 fully saturated rings. The fraction of sp³-hybridized carbons (Fsp3) is 0.619. The normalized spacial score (nSPS) is 19.5. The Balaban J connectivity index is 1.45. The summed E-state index contributed by atoms with van der Waals surface area (Å²) >= 11 is 3.39. The molecule has 0 unspecified atom stereocenters. The van der Waals surface area contributed by atoms with Crippen LogP contribution in [0.3, 0.4) is 0 Å². The summed E-state index contributed by atoms with van der Waals surface area (Å²) in [5.74, 6) is 0.131. The summed E-state index contributed by atoms with van der Waals surface area (Å²) in [4.78, 5) is 29.5. The quantitative estimate of drug-likeness (QED) is 0.746. The highest BCUT2D eigenvalue weighted by atomic mass is 79.9. The summed E-state index contributed by atoms with van der Waals surface area (Å²) in [6, 6.07) is 7.42. The Labute approximate surface area is 175 Å². The average Bonchev–Trinajstić information content (AvgIpc) is 2.73. The number of likely N-dealkylation sites (tertiary alicyclic amines) is 1.